The van der Waals surface area contributed by atoms with E-state index in [9.17, 15) is 9.59 Å². The number of fused-ring (bicyclic) bond motifs is 2. The molecule has 1 N–H and O–H groups in total. The van der Waals surface area contributed by atoms with Crippen molar-refractivity contribution < 1.29 is 18.8 Å². The second-order valence-corrected chi connectivity index (χ2v) is 9.03. The van der Waals surface area contributed by atoms with Gasteiger partial charge in [0.25, 0.3) is 5.91 Å². The molecule has 7 nitrogen and oxygen atoms in total. The van der Waals surface area contributed by atoms with Gasteiger partial charge in [0.15, 0.2) is 5.69 Å². The van der Waals surface area contributed by atoms with Crippen LogP contribution < -0.4 is 5.32 Å². The summed E-state index contributed by atoms with van der Waals surface area (Å²) in [4.78, 5) is 27.1. The minimum absolute atomic E-state index is 0.0303. The lowest BCUT2D eigenvalue weighted by atomic mass is 9.81. The van der Waals surface area contributed by atoms with Crippen LogP contribution in [0.15, 0.2) is 10.6 Å². The number of amides is 2. The maximum atomic E-state index is 13.1. The van der Waals surface area contributed by atoms with E-state index in [1.54, 1.807) is 6.07 Å². The lowest BCUT2D eigenvalue weighted by molar-refractivity contribution is 0.0151. The van der Waals surface area contributed by atoms with Crippen LogP contribution in [-0.2, 0) is 4.74 Å². The number of ether oxygens (including phenoxy) is 1. The molecular formula is C20H31N3O4. The maximum absolute atomic E-state index is 13.1. The number of carbonyl (C=O) groups excluding carboxylic acids is 2. The summed E-state index contributed by atoms with van der Waals surface area (Å²) in [5.41, 5.74) is -0.133. The second kappa shape index (κ2) is 7.52. The molecule has 150 valence electrons. The Morgan fingerprint density at radius 1 is 1.26 bits per heavy atom. The Labute approximate surface area is 160 Å². The molecular weight excluding hydrogens is 346 g/mol. The number of nitrogens with one attached hydrogen (secondary N) is 1. The zero-order valence-corrected chi connectivity index (χ0v) is 16.9. The van der Waals surface area contributed by atoms with Crippen molar-refractivity contribution in [2.24, 2.45) is 0 Å². The molecule has 0 aliphatic carbocycles. The first kappa shape index (κ1) is 19.7. The fourth-order valence-electron chi connectivity index (χ4n) is 4.10. The third-order valence-corrected chi connectivity index (χ3v) is 5.25. The first-order chi connectivity index (χ1) is 12.6. The van der Waals surface area contributed by atoms with E-state index in [2.05, 4.69) is 10.5 Å². The zero-order valence-electron chi connectivity index (χ0n) is 16.9. The highest BCUT2D eigenvalue weighted by molar-refractivity contribution is 5.93. The highest BCUT2D eigenvalue weighted by Gasteiger charge is 2.42. The molecule has 3 heterocycles. The molecule has 0 saturated carbocycles. The van der Waals surface area contributed by atoms with Crippen LogP contribution in [0.5, 0.6) is 0 Å². The number of hydrogen-bond acceptors (Lipinski definition) is 5. The molecule has 2 amide bonds. The van der Waals surface area contributed by atoms with Crippen molar-refractivity contribution in [1.29, 1.82) is 0 Å². The third-order valence-electron chi connectivity index (χ3n) is 5.25. The second-order valence-electron chi connectivity index (χ2n) is 9.03. The zero-order chi connectivity index (χ0) is 19.8. The van der Waals surface area contributed by atoms with E-state index in [1.807, 2.05) is 39.5 Å². The SMILES string of the molecule is CC(C)c1cc(C(=O)N2C3CCCC2CC(NC(=O)OC(C)(C)C)C3)no1. The Morgan fingerprint density at radius 3 is 2.41 bits per heavy atom. The first-order valence-electron chi connectivity index (χ1n) is 9.93. The van der Waals surface area contributed by atoms with Gasteiger partial charge in [-0.05, 0) is 52.9 Å². The van der Waals surface area contributed by atoms with Gasteiger partial charge in [0.05, 0.1) is 0 Å². The molecule has 2 unspecified atom stereocenters. The van der Waals surface area contributed by atoms with Crippen molar-refractivity contribution in [3.63, 3.8) is 0 Å². The van der Waals surface area contributed by atoms with Crippen molar-refractivity contribution in [2.75, 3.05) is 0 Å². The summed E-state index contributed by atoms with van der Waals surface area (Å²) in [6.45, 7) is 9.58. The lowest BCUT2D eigenvalue weighted by Gasteiger charge is -2.48. The van der Waals surface area contributed by atoms with E-state index >= 15 is 0 Å². The minimum atomic E-state index is -0.516. The van der Waals surface area contributed by atoms with Crippen molar-refractivity contribution in [3.05, 3.63) is 17.5 Å². The van der Waals surface area contributed by atoms with Gasteiger partial charge in [0.1, 0.15) is 11.4 Å². The largest absolute Gasteiger partial charge is 0.444 e. The van der Waals surface area contributed by atoms with Crippen molar-refractivity contribution in [2.45, 2.75) is 96.4 Å². The monoisotopic (exact) mass is 377 g/mol. The average molecular weight is 377 g/mol. The van der Waals surface area contributed by atoms with Gasteiger partial charge in [-0.2, -0.15) is 0 Å². The Kier molecular flexibility index (Phi) is 5.49. The van der Waals surface area contributed by atoms with Gasteiger partial charge in [0.2, 0.25) is 0 Å². The molecule has 1 aromatic rings. The quantitative estimate of drug-likeness (QED) is 0.865. The molecule has 0 radical (unpaired) electrons. The molecule has 2 bridgehead atoms. The topological polar surface area (TPSA) is 84.7 Å². The van der Waals surface area contributed by atoms with Crippen LogP contribution >= 0.6 is 0 Å². The molecule has 2 aliphatic rings. The van der Waals surface area contributed by atoms with Crippen LogP contribution in [0.25, 0.3) is 0 Å². The summed E-state index contributed by atoms with van der Waals surface area (Å²) >= 11 is 0. The summed E-state index contributed by atoms with van der Waals surface area (Å²) in [5, 5.41) is 6.98. The molecule has 7 heteroatoms. The number of aromatic nitrogens is 1. The minimum Gasteiger partial charge on any atom is -0.444 e. The van der Waals surface area contributed by atoms with E-state index in [0.29, 0.717) is 5.69 Å². The number of carbonyl (C=O) groups is 2. The average Bonchev–Trinajstić information content (AvgIpc) is 3.01. The molecule has 2 saturated heterocycles. The Hall–Kier alpha value is -2.05. The molecule has 0 aromatic carbocycles. The van der Waals surface area contributed by atoms with Gasteiger partial charge in [-0.1, -0.05) is 19.0 Å². The van der Waals surface area contributed by atoms with E-state index in [4.69, 9.17) is 9.26 Å². The molecule has 27 heavy (non-hydrogen) atoms. The molecule has 0 spiro atoms. The highest BCUT2D eigenvalue weighted by Crippen LogP contribution is 2.35. The highest BCUT2D eigenvalue weighted by atomic mass is 16.6. The predicted molar refractivity (Wildman–Crippen MR) is 101 cm³/mol. The van der Waals surface area contributed by atoms with Crippen LogP contribution in [0, 0.1) is 0 Å². The van der Waals surface area contributed by atoms with Gasteiger partial charge in [-0.15, -0.1) is 0 Å². The van der Waals surface area contributed by atoms with Crippen molar-refractivity contribution in [1.82, 2.24) is 15.4 Å². The van der Waals surface area contributed by atoms with Gasteiger partial charge >= 0.3 is 6.09 Å². The molecule has 3 rings (SSSR count). The van der Waals surface area contributed by atoms with Gasteiger partial charge in [-0.25, -0.2) is 4.79 Å². The molecule has 1 aromatic heterocycles. The number of rotatable bonds is 3. The number of alkyl carbamates (subject to hydrolysis) is 1. The van der Waals surface area contributed by atoms with E-state index in [-0.39, 0.29) is 36.0 Å². The van der Waals surface area contributed by atoms with Crippen LogP contribution in [0.2, 0.25) is 0 Å². The standard InChI is InChI=1S/C20H31N3O4/c1-12(2)17-11-16(22-27-17)18(24)23-14-7-6-8-15(23)10-13(9-14)21-19(25)26-20(3,4)5/h11-15H,6-10H2,1-5H3,(H,21,25). The first-order valence-corrected chi connectivity index (χ1v) is 9.93. The lowest BCUT2D eigenvalue weighted by Crippen LogP contribution is -2.59. The van der Waals surface area contributed by atoms with Crippen LogP contribution in [0.3, 0.4) is 0 Å². The van der Waals surface area contributed by atoms with Gasteiger partial charge in [0, 0.05) is 30.1 Å². The molecule has 2 aliphatic heterocycles. The molecule has 2 fully saturated rings. The summed E-state index contributed by atoms with van der Waals surface area (Å²) in [7, 11) is 0. The smallest absolute Gasteiger partial charge is 0.407 e. The maximum Gasteiger partial charge on any atom is 0.407 e. The van der Waals surface area contributed by atoms with Crippen molar-refractivity contribution >= 4 is 12.0 Å². The Morgan fingerprint density at radius 2 is 1.89 bits per heavy atom. The number of piperidine rings is 2. The summed E-state index contributed by atoms with van der Waals surface area (Å²) in [6.07, 6.45) is 4.11. The fourth-order valence-corrected chi connectivity index (χ4v) is 4.10. The summed E-state index contributed by atoms with van der Waals surface area (Å²) in [6, 6.07) is 2.02. The number of hydrogen-bond donors (Lipinski definition) is 1. The van der Waals surface area contributed by atoms with Gasteiger partial charge in [-0.3, -0.25) is 4.79 Å². The van der Waals surface area contributed by atoms with Gasteiger partial charge < -0.3 is 19.5 Å². The molecule has 2 atom stereocenters. The van der Waals surface area contributed by atoms with Crippen LogP contribution in [0.1, 0.15) is 88.9 Å². The van der Waals surface area contributed by atoms with E-state index in [1.165, 1.54) is 0 Å². The normalized spacial score (nSPS) is 25.4. The van der Waals surface area contributed by atoms with Crippen molar-refractivity contribution in [3.8, 4) is 0 Å². The van der Waals surface area contributed by atoms with Crippen LogP contribution in [-0.4, -0.2) is 45.8 Å². The predicted octanol–water partition coefficient (Wildman–Crippen LogP) is 3.85. The Balaban J connectivity index is 1.67. The fraction of sp³-hybridized carbons (Fsp3) is 0.750. The van der Waals surface area contributed by atoms with E-state index in [0.717, 1.165) is 37.9 Å². The third kappa shape index (κ3) is 4.62. The van der Waals surface area contributed by atoms with Crippen LogP contribution in [0.4, 0.5) is 4.79 Å². The summed E-state index contributed by atoms with van der Waals surface area (Å²) in [5.74, 6) is 0.864. The summed E-state index contributed by atoms with van der Waals surface area (Å²) < 4.78 is 10.7. The number of nitrogens with zero attached hydrogens (tertiary/aromatic N) is 2. The Bertz CT molecular complexity index is 678. The van der Waals surface area contributed by atoms with E-state index < -0.39 is 5.60 Å².